The number of nitrogens with zero attached hydrogens (tertiary/aromatic N) is 4. The molecular formula is C17H18N4O3. The number of anilines is 2. The van der Waals surface area contributed by atoms with Gasteiger partial charge in [0, 0.05) is 19.2 Å². The molecule has 4 rings (SSSR count). The molecule has 2 aliphatic heterocycles. The van der Waals surface area contributed by atoms with E-state index in [9.17, 15) is 10.1 Å². The van der Waals surface area contributed by atoms with E-state index in [4.69, 9.17) is 11.3 Å². The van der Waals surface area contributed by atoms with Crippen molar-refractivity contribution in [2.45, 2.75) is 44.1 Å². The van der Waals surface area contributed by atoms with Gasteiger partial charge in [0.2, 0.25) is 6.35 Å². The van der Waals surface area contributed by atoms with Crippen LogP contribution in [0.15, 0.2) is 30.1 Å². The molecule has 0 amide bonds. The van der Waals surface area contributed by atoms with Crippen LogP contribution in [0.1, 0.15) is 32.1 Å². The van der Waals surface area contributed by atoms with Gasteiger partial charge in [-0.1, -0.05) is 19.3 Å². The van der Waals surface area contributed by atoms with E-state index in [1.54, 1.807) is 12.1 Å². The maximum Gasteiger partial charge on any atom is 0.271 e. The van der Waals surface area contributed by atoms with Gasteiger partial charge in [-0.05, 0) is 18.9 Å². The van der Waals surface area contributed by atoms with Crippen LogP contribution in [0.5, 0.6) is 0 Å². The standard InChI is InChI=1S/C17H18N4O3/c1-18-11-15-17(8-4-3-5-9-17)24-16-19(2)13-7-6-12(21(22)23)10-14(13)20(15)16/h6-7,10-11,16H,3-5,8-9H2,2H3/b15-11-. The Morgan fingerprint density at radius 2 is 2.12 bits per heavy atom. The van der Waals surface area contributed by atoms with Crippen molar-refractivity contribution in [3.05, 3.63) is 51.6 Å². The van der Waals surface area contributed by atoms with Gasteiger partial charge >= 0.3 is 0 Å². The van der Waals surface area contributed by atoms with Gasteiger partial charge in [-0.25, -0.2) is 4.85 Å². The summed E-state index contributed by atoms with van der Waals surface area (Å²) in [7, 11) is 1.92. The second-order valence-corrected chi connectivity index (χ2v) is 6.55. The van der Waals surface area contributed by atoms with Gasteiger partial charge in [0.25, 0.3) is 5.69 Å². The largest absolute Gasteiger partial charge is 0.330 e. The Hall–Kier alpha value is -2.59. The molecule has 1 aliphatic carbocycles. The molecule has 1 saturated heterocycles. The van der Waals surface area contributed by atoms with Gasteiger partial charge in [-0.3, -0.25) is 10.1 Å². The van der Waals surface area contributed by atoms with E-state index < -0.39 is 5.60 Å². The normalized spacial score (nSPS) is 25.7. The van der Waals surface area contributed by atoms with Crippen molar-refractivity contribution in [3.8, 4) is 0 Å². The molecule has 3 aliphatic rings. The molecule has 1 atom stereocenters. The lowest BCUT2D eigenvalue weighted by Gasteiger charge is -2.34. The summed E-state index contributed by atoms with van der Waals surface area (Å²) in [6, 6.07) is 4.83. The highest BCUT2D eigenvalue weighted by molar-refractivity contribution is 5.82. The van der Waals surface area contributed by atoms with Crippen molar-refractivity contribution in [1.82, 2.24) is 0 Å². The third-order valence-corrected chi connectivity index (χ3v) is 5.27. The van der Waals surface area contributed by atoms with Crippen LogP contribution in [0, 0.1) is 16.7 Å². The van der Waals surface area contributed by atoms with Crippen LogP contribution in [-0.4, -0.2) is 23.9 Å². The number of nitro benzene ring substituents is 1. The highest BCUT2D eigenvalue weighted by Gasteiger charge is 2.54. The minimum absolute atomic E-state index is 0.0505. The topological polar surface area (TPSA) is 63.2 Å². The molecule has 1 saturated carbocycles. The average Bonchev–Trinajstić information content (AvgIpc) is 3.02. The van der Waals surface area contributed by atoms with Gasteiger partial charge in [0.15, 0.2) is 6.20 Å². The zero-order valence-electron chi connectivity index (χ0n) is 13.4. The van der Waals surface area contributed by atoms with E-state index >= 15 is 0 Å². The van der Waals surface area contributed by atoms with Crippen LogP contribution in [0.3, 0.4) is 0 Å². The van der Waals surface area contributed by atoms with Crippen LogP contribution in [0.2, 0.25) is 0 Å². The summed E-state index contributed by atoms with van der Waals surface area (Å²) in [6.07, 6.45) is 6.29. The van der Waals surface area contributed by atoms with Crippen LogP contribution >= 0.6 is 0 Å². The summed E-state index contributed by atoms with van der Waals surface area (Å²) in [4.78, 5) is 18.2. The van der Waals surface area contributed by atoms with E-state index in [0.717, 1.165) is 42.8 Å². The summed E-state index contributed by atoms with van der Waals surface area (Å²) < 4.78 is 6.44. The molecule has 2 fully saturated rings. The Labute approximate surface area is 140 Å². The lowest BCUT2D eigenvalue weighted by Crippen LogP contribution is -2.38. The maximum atomic E-state index is 11.2. The van der Waals surface area contributed by atoms with Crippen molar-refractivity contribution in [2.24, 2.45) is 0 Å². The lowest BCUT2D eigenvalue weighted by atomic mass is 9.82. The summed E-state index contributed by atoms with van der Waals surface area (Å²) >= 11 is 0. The molecule has 124 valence electrons. The molecule has 1 unspecified atom stereocenters. The van der Waals surface area contributed by atoms with Gasteiger partial charge in [-0.2, -0.15) is 0 Å². The summed E-state index contributed by atoms with van der Waals surface area (Å²) in [5, 5.41) is 11.2. The minimum atomic E-state index is -0.440. The predicted molar refractivity (Wildman–Crippen MR) is 89.4 cm³/mol. The fraction of sp³-hybridized carbons (Fsp3) is 0.471. The van der Waals surface area contributed by atoms with Crippen molar-refractivity contribution in [1.29, 1.82) is 0 Å². The molecule has 1 aromatic carbocycles. The average molecular weight is 326 g/mol. The van der Waals surface area contributed by atoms with Crippen LogP contribution in [-0.2, 0) is 4.74 Å². The van der Waals surface area contributed by atoms with E-state index in [2.05, 4.69) is 4.85 Å². The molecule has 24 heavy (non-hydrogen) atoms. The third kappa shape index (κ3) is 1.93. The Kier molecular flexibility index (Phi) is 3.25. The zero-order valence-corrected chi connectivity index (χ0v) is 13.4. The number of benzene rings is 1. The van der Waals surface area contributed by atoms with Gasteiger partial charge < -0.3 is 14.5 Å². The first-order chi connectivity index (χ1) is 11.6. The number of nitro groups is 1. The number of ether oxygens (including phenoxy) is 1. The molecular weight excluding hydrogens is 308 g/mol. The van der Waals surface area contributed by atoms with Gasteiger partial charge in [-0.15, -0.1) is 0 Å². The number of non-ortho nitro benzene ring substituents is 1. The molecule has 0 bridgehead atoms. The van der Waals surface area contributed by atoms with Crippen LogP contribution in [0.25, 0.3) is 4.85 Å². The smallest absolute Gasteiger partial charge is 0.271 e. The number of fused-ring (bicyclic) bond motifs is 3. The number of hydrogen-bond acceptors (Lipinski definition) is 5. The molecule has 0 radical (unpaired) electrons. The monoisotopic (exact) mass is 326 g/mol. The third-order valence-electron chi connectivity index (χ3n) is 5.27. The van der Waals surface area contributed by atoms with Crippen molar-refractivity contribution < 1.29 is 9.66 Å². The fourth-order valence-corrected chi connectivity index (χ4v) is 4.13. The van der Waals surface area contributed by atoms with E-state index in [1.165, 1.54) is 18.7 Å². The highest BCUT2D eigenvalue weighted by atomic mass is 16.6. The molecule has 1 spiro atoms. The second-order valence-electron chi connectivity index (χ2n) is 6.55. The zero-order chi connectivity index (χ0) is 16.9. The summed E-state index contributed by atoms with van der Waals surface area (Å²) in [6.45, 7) is 7.31. The lowest BCUT2D eigenvalue weighted by molar-refractivity contribution is -0.384. The Balaban J connectivity index is 1.84. The second kappa shape index (κ2) is 5.21. The first kappa shape index (κ1) is 15.0. The quantitative estimate of drug-likeness (QED) is 0.448. The summed E-state index contributed by atoms with van der Waals surface area (Å²) in [5.41, 5.74) is 2.08. The molecule has 0 N–H and O–H groups in total. The number of rotatable bonds is 1. The molecule has 7 nitrogen and oxygen atoms in total. The van der Waals surface area contributed by atoms with E-state index in [-0.39, 0.29) is 17.0 Å². The summed E-state index contributed by atoms with van der Waals surface area (Å²) in [5.74, 6) is 0. The SMILES string of the molecule is [C-]#[N+]/C=C1\N2c3cc([N+](=O)[O-])ccc3N(C)C2OC12CCCCC2. The van der Waals surface area contributed by atoms with E-state index in [1.807, 2.05) is 16.8 Å². The van der Waals surface area contributed by atoms with Crippen LogP contribution < -0.4 is 9.80 Å². The van der Waals surface area contributed by atoms with Gasteiger partial charge in [0.05, 0.1) is 28.6 Å². The first-order valence-corrected chi connectivity index (χ1v) is 8.13. The minimum Gasteiger partial charge on any atom is -0.330 e. The molecule has 7 heteroatoms. The predicted octanol–water partition coefficient (Wildman–Crippen LogP) is 3.63. The molecule has 0 aromatic heterocycles. The maximum absolute atomic E-state index is 11.2. The molecule has 1 aromatic rings. The Morgan fingerprint density at radius 3 is 2.79 bits per heavy atom. The van der Waals surface area contributed by atoms with Crippen molar-refractivity contribution in [2.75, 3.05) is 16.8 Å². The fourth-order valence-electron chi connectivity index (χ4n) is 4.13. The van der Waals surface area contributed by atoms with Crippen LogP contribution in [0.4, 0.5) is 17.1 Å². The highest BCUT2D eigenvalue weighted by Crippen LogP contribution is 2.54. The van der Waals surface area contributed by atoms with Crippen molar-refractivity contribution >= 4 is 17.1 Å². The molecule has 2 heterocycles. The van der Waals surface area contributed by atoms with Crippen molar-refractivity contribution in [3.63, 3.8) is 0 Å². The number of hydrogen-bond donors (Lipinski definition) is 0. The van der Waals surface area contributed by atoms with E-state index in [0.29, 0.717) is 0 Å². The first-order valence-electron chi connectivity index (χ1n) is 8.13. The Bertz CT molecular complexity index is 777. The Morgan fingerprint density at radius 1 is 1.38 bits per heavy atom. The van der Waals surface area contributed by atoms with Gasteiger partial charge in [0.1, 0.15) is 5.60 Å².